The van der Waals surface area contributed by atoms with Crippen molar-refractivity contribution in [1.29, 1.82) is 0 Å². The molecule has 2 aromatic rings. The van der Waals surface area contributed by atoms with Crippen molar-refractivity contribution in [2.24, 2.45) is 0 Å². The summed E-state index contributed by atoms with van der Waals surface area (Å²) in [4.78, 5) is 24.6. The zero-order chi connectivity index (χ0) is 19.2. The van der Waals surface area contributed by atoms with Crippen LogP contribution in [0.3, 0.4) is 0 Å². The third kappa shape index (κ3) is 5.70. The molecule has 0 spiro atoms. The van der Waals surface area contributed by atoms with Crippen molar-refractivity contribution in [3.8, 4) is 5.75 Å². The highest BCUT2D eigenvalue weighted by atomic mass is 35.5. The minimum atomic E-state index is -0.673. The van der Waals surface area contributed by atoms with Crippen LogP contribution >= 0.6 is 11.6 Å². The van der Waals surface area contributed by atoms with E-state index in [-0.39, 0.29) is 24.5 Å². The van der Waals surface area contributed by atoms with Gasteiger partial charge in [-0.05, 0) is 49.1 Å². The molecule has 0 bridgehead atoms. The van der Waals surface area contributed by atoms with Gasteiger partial charge >= 0.3 is 0 Å². The molecule has 3 rings (SSSR count). The fraction of sp³-hybridized carbons (Fsp3) is 0.300. The van der Waals surface area contributed by atoms with Crippen LogP contribution in [0.1, 0.15) is 30.0 Å². The fourth-order valence-electron chi connectivity index (χ4n) is 2.56. The molecule has 0 unspecified atom stereocenters. The molecule has 0 aliphatic heterocycles. The maximum absolute atomic E-state index is 12.5. The van der Waals surface area contributed by atoms with Crippen molar-refractivity contribution in [2.45, 2.75) is 31.8 Å². The summed E-state index contributed by atoms with van der Waals surface area (Å²) in [5.74, 6) is 0.0311. The maximum atomic E-state index is 12.5. The first kappa shape index (κ1) is 19.2. The molecule has 0 saturated heterocycles. The normalized spacial score (nSPS) is 14.3. The second kappa shape index (κ2) is 8.88. The summed E-state index contributed by atoms with van der Waals surface area (Å²) in [5.41, 5.74) is 6.98. The van der Waals surface area contributed by atoms with Crippen molar-refractivity contribution in [2.75, 3.05) is 6.61 Å². The van der Waals surface area contributed by atoms with Crippen LogP contribution in [-0.4, -0.2) is 24.5 Å². The molecule has 27 heavy (non-hydrogen) atoms. The smallest absolute Gasteiger partial charge is 0.272 e. The number of carbonyl (C=O) groups excluding carboxylic acids is 2. The Morgan fingerprint density at radius 1 is 1.19 bits per heavy atom. The molecule has 1 aliphatic rings. The molecule has 0 aromatic heterocycles. The van der Waals surface area contributed by atoms with E-state index >= 15 is 0 Å². The zero-order valence-electron chi connectivity index (χ0n) is 15.0. The molecule has 1 aliphatic carbocycles. The van der Waals surface area contributed by atoms with E-state index in [0.29, 0.717) is 10.8 Å². The van der Waals surface area contributed by atoms with Crippen LogP contribution in [0.5, 0.6) is 5.75 Å². The van der Waals surface area contributed by atoms with Gasteiger partial charge in [-0.25, -0.2) is 5.43 Å². The predicted octanol–water partition coefficient (Wildman–Crippen LogP) is 2.67. The molecule has 7 heteroatoms. The minimum absolute atomic E-state index is 0.168. The van der Waals surface area contributed by atoms with Gasteiger partial charge in [0, 0.05) is 11.1 Å². The van der Waals surface area contributed by atoms with Crippen molar-refractivity contribution < 1.29 is 14.3 Å². The molecule has 0 heterocycles. The van der Waals surface area contributed by atoms with Gasteiger partial charge in [-0.2, -0.15) is 0 Å². The number of hydrogen-bond acceptors (Lipinski definition) is 4. The van der Waals surface area contributed by atoms with Crippen LogP contribution in [0, 0.1) is 6.92 Å². The Labute approximate surface area is 163 Å². The summed E-state index contributed by atoms with van der Waals surface area (Å²) in [6.45, 7) is 1.67. The molecule has 2 amide bonds. The molecule has 2 aromatic carbocycles. The minimum Gasteiger partial charge on any atom is -0.483 e. The lowest BCUT2D eigenvalue weighted by atomic mass is 10.1. The summed E-state index contributed by atoms with van der Waals surface area (Å²) in [5, 5.41) is 3.56. The SMILES string of the molecule is Cc1cc(Cl)ccc1OCC(=O)NN[C@H](C(=O)NC1CC1)c1ccccc1. The number of aryl methyl sites for hydroxylation is 1. The largest absolute Gasteiger partial charge is 0.483 e. The molecule has 142 valence electrons. The highest BCUT2D eigenvalue weighted by molar-refractivity contribution is 6.30. The number of rotatable bonds is 8. The number of benzene rings is 2. The van der Waals surface area contributed by atoms with E-state index < -0.39 is 6.04 Å². The first-order valence-corrected chi connectivity index (χ1v) is 9.19. The number of halogens is 1. The molecular weight excluding hydrogens is 366 g/mol. The van der Waals surface area contributed by atoms with Gasteiger partial charge in [0.2, 0.25) is 5.91 Å². The van der Waals surface area contributed by atoms with Crippen LogP contribution in [0.25, 0.3) is 0 Å². The van der Waals surface area contributed by atoms with Gasteiger partial charge in [-0.15, -0.1) is 0 Å². The van der Waals surface area contributed by atoms with E-state index in [9.17, 15) is 9.59 Å². The van der Waals surface area contributed by atoms with Gasteiger partial charge in [0.05, 0.1) is 0 Å². The number of nitrogens with one attached hydrogen (secondary N) is 3. The summed E-state index contributed by atoms with van der Waals surface area (Å²) in [6, 6.07) is 14.0. The number of hydrazine groups is 1. The summed E-state index contributed by atoms with van der Waals surface area (Å²) in [6.07, 6.45) is 1.99. The first-order valence-electron chi connectivity index (χ1n) is 8.81. The van der Waals surface area contributed by atoms with Crippen LogP contribution in [0.15, 0.2) is 48.5 Å². The van der Waals surface area contributed by atoms with E-state index in [4.69, 9.17) is 16.3 Å². The topological polar surface area (TPSA) is 79.5 Å². The summed E-state index contributed by atoms with van der Waals surface area (Å²) >= 11 is 5.91. The third-order valence-electron chi connectivity index (χ3n) is 4.17. The average Bonchev–Trinajstić information content (AvgIpc) is 3.46. The standard InChI is InChI=1S/C20H22ClN3O3/c1-13-11-15(21)7-10-17(13)27-12-18(25)23-24-19(14-5-3-2-4-6-14)20(26)22-16-8-9-16/h2-7,10-11,16,19,24H,8-9,12H2,1H3,(H,22,26)(H,23,25)/t19-/m0/s1. The average molecular weight is 388 g/mol. The maximum Gasteiger partial charge on any atom is 0.272 e. The third-order valence-corrected chi connectivity index (χ3v) is 4.41. The van der Waals surface area contributed by atoms with Gasteiger partial charge in [-0.3, -0.25) is 15.0 Å². The number of ether oxygens (including phenoxy) is 1. The van der Waals surface area contributed by atoms with Crippen molar-refractivity contribution in [1.82, 2.24) is 16.2 Å². The van der Waals surface area contributed by atoms with E-state index in [1.807, 2.05) is 37.3 Å². The fourth-order valence-corrected chi connectivity index (χ4v) is 2.79. The molecule has 1 atom stereocenters. The Morgan fingerprint density at radius 2 is 1.93 bits per heavy atom. The molecular formula is C20H22ClN3O3. The van der Waals surface area contributed by atoms with Crippen LogP contribution in [0.4, 0.5) is 0 Å². The Kier molecular flexibility index (Phi) is 6.32. The Balaban J connectivity index is 1.55. The van der Waals surface area contributed by atoms with E-state index in [2.05, 4.69) is 16.2 Å². The molecule has 3 N–H and O–H groups in total. The van der Waals surface area contributed by atoms with Gasteiger partial charge in [0.1, 0.15) is 11.8 Å². The van der Waals surface area contributed by atoms with Gasteiger partial charge < -0.3 is 10.1 Å². The Bertz CT molecular complexity index is 809. The number of amides is 2. The molecule has 1 saturated carbocycles. The lowest BCUT2D eigenvalue weighted by Crippen LogP contribution is -2.48. The highest BCUT2D eigenvalue weighted by Crippen LogP contribution is 2.22. The number of carbonyl (C=O) groups is 2. The van der Waals surface area contributed by atoms with Crippen LogP contribution < -0.4 is 20.9 Å². The highest BCUT2D eigenvalue weighted by Gasteiger charge is 2.28. The van der Waals surface area contributed by atoms with Gasteiger partial charge in [-0.1, -0.05) is 41.9 Å². The number of hydrogen-bond donors (Lipinski definition) is 3. The van der Waals surface area contributed by atoms with Crippen molar-refractivity contribution in [3.05, 3.63) is 64.7 Å². The van der Waals surface area contributed by atoms with E-state index in [1.54, 1.807) is 18.2 Å². The summed E-state index contributed by atoms with van der Waals surface area (Å²) < 4.78 is 5.52. The monoisotopic (exact) mass is 387 g/mol. The molecule has 1 fully saturated rings. The van der Waals surface area contributed by atoms with E-state index in [0.717, 1.165) is 24.0 Å². The first-order chi connectivity index (χ1) is 13.0. The second-order valence-corrected chi connectivity index (χ2v) is 6.95. The Hall–Kier alpha value is -2.57. The second-order valence-electron chi connectivity index (χ2n) is 6.52. The van der Waals surface area contributed by atoms with Crippen molar-refractivity contribution in [3.63, 3.8) is 0 Å². The van der Waals surface area contributed by atoms with E-state index in [1.165, 1.54) is 0 Å². The van der Waals surface area contributed by atoms with Crippen LogP contribution in [-0.2, 0) is 9.59 Å². The van der Waals surface area contributed by atoms with Crippen molar-refractivity contribution >= 4 is 23.4 Å². The molecule has 0 radical (unpaired) electrons. The zero-order valence-corrected chi connectivity index (χ0v) is 15.8. The summed E-state index contributed by atoms with van der Waals surface area (Å²) in [7, 11) is 0. The predicted molar refractivity (Wildman–Crippen MR) is 103 cm³/mol. The lowest BCUT2D eigenvalue weighted by molar-refractivity contribution is -0.126. The quantitative estimate of drug-likeness (QED) is 0.608. The van der Waals surface area contributed by atoms with Crippen LogP contribution in [0.2, 0.25) is 5.02 Å². The lowest BCUT2D eigenvalue weighted by Gasteiger charge is -2.19. The molecule has 6 nitrogen and oxygen atoms in total. The Morgan fingerprint density at radius 3 is 2.59 bits per heavy atom. The van der Waals surface area contributed by atoms with Gasteiger partial charge in [0.25, 0.3) is 5.91 Å². The van der Waals surface area contributed by atoms with Gasteiger partial charge in [0.15, 0.2) is 6.61 Å².